The maximum Gasteiger partial charge on any atom is 0.251 e. The molecule has 0 radical (unpaired) electrons. The average Bonchev–Trinajstić information content (AvgIpc) is 2.67. The summed E-state index contributed by atoms with van der Waals surface area (Å²) in [7, 11) is 0. The third kappa shape index (κ3) is 2.56. The molecule has 0 saturated carbocycles. The van der Waals surface area contributed by atoms with Gasteiger partial charge >= 0.3 is 0 Å². The monoisotopic (exact) mass is 245 g/mol. The molecule has 96 valence electrons. The standard InChI is InChI=1S/C13H19N5/c1-5-14-7-12-8-15-18(11(12)4)13-16-9(2)6-10(3)17-13/h6,8,14H,5,7H2,1-4H3. The molecule has 2 aromatic heterocycles. The molecule has 0 aliphatic carbocycles. The Morgan fingerprint density at radius 1 is 1.17 bits per heavy atom. The van der Waals surface area contributed by atoms with Crippen molar-refractivity contribution in [1.29, 1.82) is 0 Å². The minimum atomic E-state index is 0.646. The Morgan fingerprint density at radius 2 is 1.83 bits per heavy atom. The van der Waals surface area contributed by atoms with Gasteiger partial charge in [-0.2, -0.15) is 5.10 Å². The van der Waals surface area contributed by atoms with Crippen LogP contribution in [0.4, 0.5) is 0 Å². The molecule has 2 rings (SSSR count). The molecule has 5 heteroatoms. The first-order chi connectivity index (χ1) is 8.61. The highest BCUT2D eigenvalue weighted by atomic mass is 15.3. The smallest absolute Gasteiger partial charge is 0.251 e. The maximum absolute atomic E-state index is 4.43. The number of aromatic nitrogens is 4. The largest absolute Gasteiger partial charge is 0.313 e. The van der Waals surface area contributed by atoms with Gasteiger partial charge in [0.25, 0.3) is 5.95 Å². The summed E-state index contributed by atoms with van der Waals surface area (Å²) >= 11 is 0. The van der Waals surface area contributed by atoms with Crippen LogP contribution in [0.15, 0.2) is 12.3 Å². The highest BCUT2D eigenvalue weighted by molar-refractivity contribution is 5.25. The molecule has 0 aliphatic heterocycles. The van der Waals surface area contributed by atoms with Crippen molar-refractivity contribution >= 4 is 0 Å². The third-order valence-corrected chi connectivity index (χ3v) is 2.84. The van der Waals surface area contributed by atoms with E-state index in [0.717, 1.165) is 30.2 Å². The van der Waals surface area contributed by atoms with Gasteiger partial charge in [-0.25, -0.2) is 14.6 Å². The molecule has 0 saturated heterocycles. The van der Waals surface area contributed by atoms with Gasteiger partial charge in [0.15, 0.2) is 0 Å². The lowest BCUT2D eigenvalue weighted by Crippen LogP contribution is -2.13. The number of hydrogen-bond acceptors (Lipinski definition) is 4. The van der Waals surface area contributed by atoms with E-state index in [4.69, 9.17) is 0 Å². The van der Waals surface area contributed by atoms with Gasteiger partial charge in [-0.1, -0.05) is 6.92 Å². The van der Waals surface area contributed by atoms with Crippen molar-refractivity contribution in [2.75, 3.05) is 6.54 Å². The van der Waals surface area contributed by atoms with Crippen LogP contribution in [0, 0.1) is 20.8 Å². The Morgan fingerprint density at radius 3 is 2.44 bits per heavy atom. The first-order valence-corrected chi connectivity index (χ1v) is 6.18. The molecule has 0 bridgehead atoms. The van der Waals surface area contributed by atoms with Crippen LogP contribution in [0.1, 0.15) is 29.6 Å². The van der Waals surface area contributed by atoms with E-state index < -0.39 is 0 Å². The molecule has 0 aliphatic rings. The second-order valence-corrected chi connectivity index (χ2v) is 4.40. The highest BCUT2D eigenvalue weighted by Gasteiger charge is 2.10. The van der Waals surface area contributed by atoms with Gasteiger partial charge < -0.3 is 5.32 Å². The van der Waals surface area contributed by atoms with E-state index in [2.05, 4.69) is 27.3 Å². The summed E-state index contributed by atoms with van der Waals surface area (Å²) < 4.78 is 1.80. The second-order valence-electron chi connectivity index (χ2n) is 4.40. The molecule has 18 heavy (non-hydrogen) atoms. The fourth-order valence-electron chi connectivity index (χ4n) is 1.88. The number of hydrogen-bond donors (Lipinski definition) is 1. The zero-order chi connectivity index (χ0) is 13.1. The van der Waals surface area contributed by atoms with Crippen LogP contribution in [0.5, 0.6) is 0 Å². The number of rotatable bonds is 4. The summed E-state index contributed by atoms with van der Waals surface area (Å²) in [5, 5.41) is 7.67. The second kappa shape index (κ2) is 5.27. The molecule has 0 atom stereocenters. The van der Waals surface area contributed by atoms with Gasteiger partial charge in [-0.3, -0.25) is 0 Å². The van der Waals surface area contributed by atoms with E-state index in [1.165, 1.54) is 5.56 Å². The summed E-state index contributed by atoms with van der Waals surface area (Å²) in [4.78, 5) is 8.86. The minimum absolute atomic E-state index is 0.646. The lowest BCUT2D eigenvalue weighted by Gasteiger charge is -2.06. The first-order valence-electron chi connectivity index (χ1n) is 6.18. The van der Waals surface area contributed by atoms with E-state index in [0.29, 0.717) is 5.95 Å². The van der Waals surface area contributed by atoms with Crippen molar-refractivity contribution in [3.8, 4) is 5.95 Å². The number of nitrogens with one attached hydrogen (secondary N) is 1. The molecule has 0 unspecified atom stereocenters. The van der Waals surface area contributed by atoms with Crippen molar-refractivity contribution < 1.29 is 0 Å². The van der Waals surface area contributed by atoms with E-state index in [1.807, 2.05) is 33.0 Å². The van der Waals surface area contributed by atoms with Gasteiger partial charge in [0.2, 0.25) is 0 Å². The lowest BCUT2D eigenvalue weighted by atomic mass is 10.2. The van der Waals surface area contributed by atoms with Crippen LogP contribution in [0.25, 0.3) is 5.95 Å². The van der Waals surface area contributed by atoms with Crippen molar-refractivity contribution in [1.82, 2.24) is 25.1 Å². The number of aryl methyl sites for hydroxylation is 2. The normalized spacial score (nSPS) is 10.9. The van der Waals surface area contributed by atoms with E-state index in [1.54, 1.807) is 4.68 Å². The fourth-order valence-corrected chi connectivity index (χ4v) is 1.88. The molecular formula is C13H19N5. The van der Waals surface area contributed by atoms with E-state index in [-0.39, 0.29) is 0 Å². The zero-order valence-electron chi connectivity index (χ0n) is 11.4. The van der Waals surface area contributed by atoms with Gasteiger partial charge in [0, 0.05) is 29.2 Å². The summed E-state index contributed by atoms with van der Waals surface area (Å²) in [5.74, 6) is 0.646. The molecule has 2 aromatic rings. The summed E-state index contributed by atoms with van der Waals surface area (Å²) in [6.45, 7) is 9.85. The number of nitrogens with zero attached hydrogens (tertiary/aromatic N) is 4. The topological polar surface area (TPSA) is 55.6 Å². The van der Waals surface area contributed by atoms with Crippen molar-refractivity contribution in [3.63, 3.8) is 0 Å². The summed E-state index contributed by atoms with van der Waals surface area (Å²) in [5.41, 5.74) is 4.18. The molecule has 1 N–H and O–H groups in total. The lowest BCUT2D eigenvalue weighted by molar-refractivity contribution is 0.718. The Labute approximate surface area is 107 Å². The Bertz CT molecular complexity index is 524. The quantitative estimate of drug-likeness (QED) is 0.890. The average molecular weight is 245 g/mol. The van der Waals surface area contributed by atoms with Gasteiger partial charge in [-0.05, 0) is 33.4 Å². The summed E-state index contributed by atoms with van der Waals surface area (Å²) in [6.07, 6.45) is 1.87. The van der Waals surface area contributed by atoms with Gasteiger partial charge in [0.1, 0.15) is 0 Å². The van der Waals surface area contributed by atoms with Crippen LogP contribution < -0.4 is 5.32 Å². The fraction of sp³-hybridized carbons (Fsp3) is 0.462. The van der Waals surface area contributed by atoms with Gasteiger partial charge in [0.05, 0.1) is 6.20 Å². The van der Waals surface area contributed by atoms with Crippen LogP contribution in [-0.4, -0.2) is 26.3 Å². The molecule has 0 aromatic carbocycles. The predicted molar refractivity (Wildman–Crippen MR) is 70.7 cm³/mol. The molecule has 2 heterocycles. The van der Waals surface area contributed by atoms with E-state index >= 15 is 0 Å². The molecule has 0 spiro atoms. The first kappa shape index (κ1) is 12.7. The Balaban J connectivity index is 2.36. The molecule has 5 nitrogen and oxygen atoms in total. The zero-order valence-corrected chi connectivity index (χ0v) is 11.4. The predicted octanol–water partition coefficient (Wildman–Crippen LogP) is 1.70. The Hall–Kier alpha value is -1.75. The van der Waals surface area contributed by atoms with E-state index in [9.17, 15) is 0 Å². The summed E-state index contributed by atoms with van der Waals surface area (Å²) in [6, 6.07) is 1.96. The SMILES string of the molecule is CCNCc1cnn(-c2nc(C)cc(C)n2)c1C. The molecule has 0 fully saturated rings. The molecule has 0 amide bonds. The van der Waals surface area contributed by atoms with Gasteiger partial charge in [-0.15, -0.1) is 0 Å². The van der Waals surface area contributed by atoms with Crippen LogP contribution in [0.2, 0.25) is 0 Å². The van der Waals surface area contributed by atoms with Crippen LogP contribution in [0.3, 0.4) is 0 Å². The van der Waals surface area contributed by atoms with Crippen molar-refractivity contribution in [2.45, 2.75) is 34.2 Å². The van der Waals surface area contributed by atoms with Crippen molar-refractivity contribution in [3.05, 3.63) is 34.9 Å². The minimum Gasteiger partial charge on any atom is -0.313 e. The molecular weight excluding hydrogens is 226 g/mol. The Kier molecular flexibility index (Phi) is 3.72. The maximum atomic E-state index is 4.43. The van der Waals surface area contributed by atoms with Crippen LogP contribution in [-0.2, 0) is 6.54 Å². The highest BCUT2D eigenvalue weighted by Crippen LogP contribution is 2.11. The van der Waals surface area contributed by atoms with Crippen LogP contribution >= 0.6 is 0 Å². The third-order valence-electron chi connectivity index (χ3n) is 2.84. The van der Waals surface area contributed by atoms with Crippen molar-refractivity contribution in [2.24, 2.45) is 0 Å².